The van der Waals surface area contributed by atoms with Crippen molar-refractivity contribution < 1.29 is 13.2 Å². The van der Waals surface area contributed by atoms with Crippen LogP contribution in [0.3, 0.4) is 0 Å². The highest BCUT2D eigenvalue weighted by Crippen LogP contribution is 2.31. The van der Waals surface area contributed by atoms with E-state index < -0.39 is 11.7 Å². The van der Waals surface area contributed by atoms with Gasteiger partial charge in [-0.2, -0.15) is 18.3 Å². The van der Waals surface area contributed by atoms with Crippen LogP contribution in [0.2, 0.25) is 0 Å². The van der Waals surface area contributed by atoms with E-state index in [0.29, 0.717) is 16.9 Å². The Morgan fingerprint density at radius 3 is 2.68 bits per heavy atom. The first-order valence-corrected chi connectivity index (χ1v) is 5.52. The molecule has 0 saturated heterocycles. The number of H-pyrrole nitrogens is 1. The fourth-order valence-electron chi connectivity index (χ4n) is 1.84. The van der Waals surface area contributed by atoms with E-state index in [1.54, 1.807) is 24.4 Å². The van der Waals surface area contributed by atoms with Crippen molar-refractivity contribution in [1.29, 1.82) is 0 Å². The third-order valence-electron chi connectivity index (χ3n) is 2.79. The maximum atomic E-state index is 12.7. The quantitative estimate of drug-likeness (QED) is 0.728. The van der Waals surface area contributed by atoms with Gasteiger partial charge in [-0.1, -0.05) is 12.1 Å². The fourth-order valence-corrected chi connectivity index (χ4v) is 1.84. The van der Waals surface area contributed by atoms with E-state index in [9.17, 15) is 13.2 Å². The lowest BCUT2D eigenvalue weighted by Gasteiger charge is -2.08. The summed E-state index contributed by atoms with van der Waals surface area (Å²) in [5.74, 6) is 0. The molecule has 19 heavy (non-hydrogen) atoms. The van der Waals surface area contributed by atoms with Gasteiger partial charge in [0.2, 0.25) is 0 Å². The molecule has 0 aliphatic heterocycles. The predicted molar refractivity (Wildman–Crippen MR) is 64.3 cm³/mol. The van der Waals surface area contributed by atoms with E-state index in [-0.39, 0.29) is 0 Å². The minimum Gasteiger partial charge on any atom is -0.261 e. The number of pyridine rings is 1. The average molecular weight is 263 g/mol. The number of alkyl halides is 3. The maximum absolute atomic E-state index is 12.7. The highest BCUT2D eigenvalue weighted by Gasteiger charge is 2.30. The van der Waals surface area contributed by atoms with Crippen molar-refractivity contribution in [1.82, 2.24) is 15.2 Å². The number of benzene rings is 1. The first kappa shape index (κ1) is 11.7. The Hall–Kier alpha value is -2.37. The molecule has 0 atom stereocenters. The van der Waals surface area contributed by atoms with E-state index >= 15 is 0 Å². The minimum absolute atomic E-state index is 0.423. The molecule has 0 saturated carbocycles. The van der Waals surface area contributed by atoms with Crippen LogP contribution in [0.4, 0.5) is 13.2 Å². The highest BCUT2D eigenvalue weighted by molar-refractivity contribution is 5.77. The summed E-state index contributed by atoms with van der Waals surface area (Å²) in [5.41, 5.74) is 0.764. The van der Waals surface area contributed by atoms with Crippen LogP contribution in [0, 0.1) is 0 Å². The van der Waals surface area contributed by atoms with Gasteiger partial charge in [-0.25, -0.2) is 4.98 Å². The summed E-state index contributed by atoms with van der Waals surface area (Å²) in [5, 5.41) is 7.33. The van der Waals surface area contributed by atoms with Gasteiger partial charge >= 0.3 is 6.18 Å². The van der Waals surface area contributed by atoms with Crippen molar-refractivity contribution in [3.05, 3.63) is 48.2 Å². The summed E-state index contributed by atoms with van der Waals surface area (Å²) in [6.45, 7) is 0. The van der Waals surface area contributed by atoms with Crippen molar-refractivity contribution in [3.8, 4) is 11.3 Å². The normalized spacial score (nSPS) is 11.9. The third kappa shape index (κ3) is 2.16. The molecule has 3 nitrogen and oxygen atoms in total. The molecule has 0 unspecified atom stereocenters. The first-order chi connectivity index (χ1) is 9.04. The number of aromatic nitrogens is 3. The number of fused-ring (bicyclic) bond motifs is 1. The number of aromatic amines is 1. The van der Waals surface area contributed by atoms with Crippen molar-refractivity contribution in [3.63, 3.8) is 0 Å². The van der Waals surface area contributed by atoms with Crippen LogP contribution in [0.5, 0.6) is 0 Å². The Labute approximate surface area is 106 Å². The second kappa shape index (κ2) is 4.08. The van der Waals surface area contributed by atoms with Gasteiger partial charge in [0, 0.05) is 10.9 Å². The van der Waals surface area contributed by atoms with Crippen LogP contribution in [0.25, 0.3) is 22.3 Å². The zero-order valence-corrected chi connectivity index (χ0v) is 9.57. The third-order valence-corrected chi connectivity index (χ3v) is 2.79. The molecule has 6 heteroatoms. The maximum Gasteiger partial charge on any atom is 0.416 e. The molecule has 0 spiro atoms. The molecule has 3 rings (SSSR count). The standard InChI is InChI=1S/C13H8F3N3/c14-13(15,16)10-3-1-2-8(6-10)11-5-4-9-7-17-19-12(9)18-11/h1-7H,(H,17,18,19). The Kier molecular flexibility index (Phi) is 2.51. The monoisotopic (exact) mass is 263 g/mol. The van der Waals surface area contributed by atoms with Gasteiger partial charge < -0.3 is 0 Å². The second-order valence-electron chi connectivity index (χ2n) is 4.08. The molecule has 0 bridgehead atoms. The Bertz CT molecular complexity index is 731. The summed E-state index contributed by atoms with van der Waals surface area (Å²) in [6.07, 6.45) is -2.74. The molecule has 0 amide bonds. The number of hydrogen-bond acceptors (Lipinski definition) is 2. The van der Waals surface area contributed by atoms with Crippen LogP contribution in [0.1, 0.15) is 5.56 Å². The minimum atomic E-state index is -4.35. The van der Waals surface area contributed by atoms with Gasteiger partial charge in [-0.15, -0.1) is 0 Å². The van der Waals surface area contributed by atoms with E-state index in [1.165, 1.54) is 6.07 Å². The van der Waals surface area contributed by atoms with Gasteiger partial charge in [0.05, 0.1) is 17.5 Å². The zero-order chi connectivity index (χ0) is 13.5. The molecule has 1 N–H and O–H groups in total. The summed E-state index contributed by atoms with van der Waals surface area (Å²) < 4.78 is 38.0. The number of nitrogens with one attached hydrogen (secondary N) is 1. The molecule has 1 aromatic carbocycles. The molecular formula is C13H8F3N3. The Morgan fingerprint density at radius 2 is 1.89 bits per heavy atom. The number of nitrogens with zero attached hydrogens (tertiary/aromatic N) is 2. The molecule has 2 heterocycles. The molecule has 96 valence electrons. The lowest BCUT2D eigenvalue weighted by atomic mass is 10.1. The lowest BCUT2D eigenvalue weighted by Crippen LogP contribution is -2.04. The van der Waals surface area contributed by atoms with E-state index in [0.717, 1.165) is 17.5 Å². The Balaban J connectivity index is 2.10. The van der Waals surface area contributed by atoms with Crippen LogP contribution < -0.4 is 0 Å². The molecule has 2 aromatic heterocycles. The van der Waals surface area contributed by atoms with Gasteiger partial charge in [0.25, 0.3) is 0 Å². The van der Waals surface area contributed by atoms with Crippen LogP contribution >= 0.6 is 0 Å². The molecule has 0 fully saturated rings. The number of halogens is 3. The smallest absolute Gasteiger partial charge is 0.261 e. The summed E-state index contributed by atoms with van der Waals surface area (Å²) in [6, 6.07) is 8.54. The van der Waals surface area contributed by atoms with Crippen molar-refractivity contribution in [2.75, 3.05) is 0 Å². The highest BCUT2D eigenvalue weighted by atomic mass is 19.4. The van der Waals surface area contributed by atoms with Gasteiger partial charge in [-0.3, -0.25) is 5.10 Å². The predicted octanol–water partition coefficient (Wildman–Crippen LogP) is 3.64. The number of rotatable bonds is 1. The topological polar surface area (TPSA) is 41.6 Å². The van der Waals surface area contributed by atoms with Crippen molar-refractivity contribution in [2.45, 2.75) is 6.18 Å². The van der Waals surface area contributed by atoms with Crippen molar-refractivity contribution >= 4 is 11.0 Å². The van der Waals surface area contributed by atoms with Crippen LogP contribution in [-0.2, 0) is 6.18 Å². The zero-order valence-electron chi connectivity index (χ0n) is 9.57. The molecule has 0 radical (unpaired) electrons. The molecule has 0 aliphatic rings. The van der Waals surface area contributed by atoms with Gasteiger partial charge in [0.1, 0.15) is 0 Å². The van der Waals surface area contributed by atoms with E-state index in [4.69, 9.17) is 0 Å². The van der Waals surface area contributed by atoms with Gasteiger partial charge in [-0.05, 0) is 24.3 Å². The lowest BCUT2D eigenvalue weighted by molar-refractivity contribution is -0.137. The summed E-state index contributed by atoms with van der Waals surface area (Å²) >= 11 is 0. The Morgan fingerprint density at radius 1 is 1.05 bits per heavy atom. The van der Waals surface area contributed by atoms with E-state index in [2.05, 4.69) is 15.2 Å². The largest absolute Gasteiger partial charge is 0.416 e. The second-order valence-corrected chi connectivity index (χ2v) is 4.08. The number of hydrogen-bond donors (Lipinski definition) is 1. The van der Waals surface area contributed by atoms with Crippen LogP contribution in [0.15, 0.2) is 42.6 Å². The first-order valence-electron chi connectivity index (χ1n) is 5.52. The molecule has 3 aromatic rings. The van der Waals surface area contributed by atoms with Gasteiger partial charge in [0.15, 0.2) is 5.65 Å². The SMILES string of the molecule is FC(F)(F)c1cccc(-c2ccc3cn[nH]c3n2)c1. The van der Waals surface area contributed by atoms with Crippen molar-refractivity contribution in [2.24, 2.45) is 0 Å². The van der Waals surface area contributed by atoms with E-state index in [1.807, 2.05) is 0 Å². The average Bonchev–Trinajstić information content (AvgIpc) is 2.85. The molecule has 0 aliphatic carbocycles. The molecular weight excluding hydrogens is 255 g/mol. The fraction of sp³-hybridized carbons (Fsp3) is 0.0769. The van der Waals surface area contributed by atoms with Crippen LogP contribution in [-0.4, -0.2) is 15.2 Å². The summed E-state index contributed by atoms with van der Waals surface area (Å²) in [4.78, 5) is 4.24. The summed E-state index contributed by atoms with van der Waals surface area (Å²) in [7, 11) is 0.